The van der Waals surface area contributed by atoms with Crippen molar-refractivity contribution in [2.45, 2.75) is 32.2 Å². The van der Waals surface area contributed by atoms with Crippen molar-refractivity contribution >= 4 is 16.9 Å². The number of benzene rings is 1. The van der Waals surface area contributed by atoms with Crippen molar-refractivity contribution in [3.8, 4) is 17.0 Å². The number of ether oxygens (including phenoxy) is 1. The normalized spacial score (nSPS) is 18.7. The lowest BCUT2D eigenvalue weighted by molar-refractivity contribution is 0.0941. The summed E-state index contributed by atoms with van der Waals surface area (Å²) in [5.74, 6) is 0.487. The molecule has 1 saturated carbocycles. The van der Waals surface area contributed by atoms with Crippen LogP contribution in [0.2, 0.25) is 0 Å². The van der Waals surface area contributed by atoms with Gasteiger partial charge < -0.3 is 20.4 Å². The van der Waals surface area contributed by atoms with Gasteiger partial charge in [0.05, 0.1) is 17.7 Å². The summed E-state index contributed by atoms with van der Waals surface area (Å²) in [6.07, 6.45) is 4.64. The molecule has 3 aromatic rings. The summed E-state index contributed by atoms with van der Waals surface area (Å²) in [5, 5.41) is 6.32. The van der Waals surface area contributed by atoms with Crippen molar-refractivity contribution in [1.82, 2.24) is 25.6 Å². The van der Waals surface area contributed by atoms with Crippen molar-refractivity contribution in [1.29, 1.82) is 0 Å². The summed E-state index contributed by atoms with van der Waals surface area (Å²) in [6, 6.07) is 4.56. The molecule has 8 heteroatoms. The van der Waals surface area contributed by atoms with E-state index in [2.05, 4.69) is 25.6 Å². The number of fused-ring (bicyclic) bond motifs is 1. The molecule has 2 aliphatic rings. The summed E-state index contributed by atoms with van der Waals surface area (Å²) in [7, 11) is 0. The van der Waals surface area contributed by atoms with Gasteiger partial charge in [0.25, 0.3) is 5.91 Å². The second-order valence-electron chi connectivity index (χ2n) is 8.13. The van der Waals surface area contributed by atoms with Gasteiger partial charge >= 0.3 is 0 Å². The Kier molecular flexibility index (Phi) is 4.86. The molecule has 0 bridgehead atoms. The molecule has 156 valence electrons. The van der Waals surface area contributed by atoms with E-state index in [0.717, 1.165) is 38.0 Å². The summed E-state index contributed by atoms with van der Waals surface area (Å²) < 4.78 is 19.8. The first-order valence-corrected chi connectivity index (χ1v) is 10.4. The fraction of sp³-hybridized carbons (Fsp3) is 0.409. The Bertz CT molecular complexity index is 1100. The number of aromatic nitrogens is 3. The first-order chi connectivity index (χ1) is 14.6. The number of aryl methyl sites for hydroxylation is 1. The Labute approximate surface area is 173 Å². The number of aromatic amines is 1. The lowest BCUT2D eigenvalue weighted by atomic mass is 10.1. The second-order valence-corrected chi connectivity index (χ2v) is 8.13. The van der Waals surface area contributed by atoms with Crippen molar-refractivity contribution in [3.05, 3.63) is 41.6 Å². The standard InChI is InChI=1S/C22H24FN5O2/c1-12-18(22(29)28-15-6-7-24-9-15)20-21(27-12)19(25-11-26-20)16-5-4-14(23)8-17(16)30-10-13-2-3-13/h4-5,8,11,13,15,24,27H,2-3,6-7,9-10H2,1H3,(H,28,29)/t15-/m1/s1. The molecular formula is C22H24FN5O2. The SMILES string of the molecule is Cc1[nH]c2c(-c3ccc(F)cc3OCC3CC3)ncnc2c1C(=O)N[C@@H]1CCNC1. The van der Waals surface area contributed by atoms with Gasteiger partial charge in [-0.1, -0.05) is 0 Å². The molecule has 0 unspecified atom stereocenters. The lowest BCUT2D eigenvalue weighted by Crippen LogP contribution is -2.36. The minimum Gasteiger partial charge on any atom is -0.492 e. The number of amides is 1. The molecule has 7 nitrogen and oxygen atoms in total. The summed E-state index contributed by atoms with van der Waals surface area (Å²) in [6.45, 7) is 4.09. The maximum atomic E-state index is 13.9. The maximum Gasteiger partial charge on any atom is 0.255 e. The average Bonchev–Trinajstić information content (AvgIpc) is 3.29. The number of H-pyrrole nitrogens is 1. The first-order valence-electron chi connectivity index (χ1n) is 10.4. The Hall–Kier alpha value is -3.00. The number of carbonyl (C=O) groups is 1. The van der Waals surface area contributed by atoms with Crippen LogP contribution in [0.5, 0.6) is 5.75 Å². The third kappa shape index (κ3) is 3.63. The molecule has 1 saturated heterocycles. The van der Waals surface area contributed by atoms with Gasteiger partial charge in [-0.05, 0) is 50.8 Å². The molecule has 1 aromatic carbocycles. The Balaban J connectivity index is 1.54. The molecule has 30 heavy (non-hydrogen) atoms. The van der Waals surface area contributed by atoms with Crippen molar-refractivity contribution in [3.63, 3.8) is 0 Å². The number of hydrogen-bond donors (Lipinski definition) is 3. The molecular weight excluding hydrogens is 385 g/mol. The highest BCUT2D eigenvalue weighted by molar-refractivity contribution is 6.09. The third-order valence-corrected chi connectivity index (χ3v) is 5.76. The number of nitrogens with one attached hydrogen (secondary N) is 3. The smallest absolute Gasteiger partial charge is 0.255 e. The maximum absolute atomic E-state index is 13.9. The molecule has 2 fully saturated rings. The highest BCUT2D eigenvalue weighted by Crippen LogP contribution is 2.36. The van der Waals surface area contributed by atoms with E-state index in [-0.39, 0.29) is 17.8 Å². The molecule has 2 aromatic heterocycles. The topological polar surface area (TPSA) is 91.9 Å². The van der Waals surface area contributed by atoms with Gasteiger partial charge in [0.1, 0.15) is 29.1 Å². The van der Waals surface area contributed by atoms with Gasteiger partial charge in [-0.15, -0.1) is 0 Å². The van der Waals surface area contributed by atoms with Crippen molar-refractivity contribution < 1.29 is 13.9 Å². The molecule has 3 heterocycles. The third-order valence-electron chi connectivity index (χ3n) is 5.76. The van der Waals surface area contributed by atoms with Gasteiger partial charge in [-0.2, -0.15) is 0 Å². The van der Waals surface area contributed by atoms with E-state index >= 15 is 0 Å². The fourth-order valence-electron chi connectivity index (χ4n) is 3.94. The van der Waals surface area contributed by atoms with Crippen LogP contribution < -0.4 is 15.4 Å². The van der Waals surface area contributed by atoms with Crippen LogP contribution in [0.4, 0.5) is 4.39 Å². The predicted molar refractivity (Wildman–Crippen MR) is 111 cm³/mol. The Morgan fingerprint density at radius 2 is 2.17 bits per heavy atom. The van der Waals surface area contributed by atoms with Crippen LogP contribution in [0.25, 0.3) is 22.3 Å². The molecule has 1 amide bonds. The van der Waals surface area contributed by atoms with Crippen LogP contribution in [0.15, 0.2) is 24.5 Å². The van der Waals surface area contributed by atoms with Gasteiger partial charge in [-0.3, -0.25) is 4.79 Å². The number of carbonyl (C=O) groups excluding carboxylic acids is 1. The van der Waals surface area contributed by atoms with E-state index < -0.39 is 0 Å². The summed E-state index contributed by atoms with van der Waals surface area (Å²) >= 11 is 0. The highest BCUT2D eigenvalue weighted by Gasteiger charge is 2.26. The van der Waals surface area contributed by atoms with E-state index in [1.807, 2.05) is 6.92 Å². The molecule has 0 radical (unpaired) electrons. The van der Waals surface area contributed by atoms with Crippen LogP contribution in [-0.2, 0) is 0 Å². The molecule has 5 rings (SSSR count). The zero-order valence-corrected chi connectivity index (χ0v) is 16.8. The van der Waals surface area contributed by atoms with E-state index in [0.29, 0.717) is 46.1 Å². The van der Waals surface area contributed by atoms with Crippen LogP contribution in [0, 0.1) is 18.7 Å². The molecule has 3 N–H and O–H groups in total. The second kappa shape index (κ2) is 7.68. The van der Waals surface area contributed by atoms with E-state index in [4.69, 9.17) is 4.74 Å². The van der Waals surface area contributed by atoms with Crippen LogP contribution >= 0.6 is 0 Å². The Morgan fingerprint density at radius 1 is 1.30 bits per heavy atom. The number of halogens is 1. The van der Waals surface area contributed by atoms with Gasteiger partial charge in [0.2, 0.25) is 0 Å². The molecule has 0 spiro atoms. The van der Waals surface area contributed by atoms with Crippen LogP contribution in [0.1, 0.15) is 35.3 Å². The first kappa shape index (κ1) is 19.0. The van der Waals surface area contributed by atoms with Gasteiger partial charge in [0.15, 0.2) is 0 Å². The Morgan fingerprint density at radius 3 is 2.93 bits per heavy atom. The van der Waals surface area contributed by atoms with E-state index in [1.54, 1.807) is 6.07 Å². The number of rotatable bonds is 6. The monoisotopic (exact) mass is 409 g/mol. The largest absolute Gasteiger partial charge is 0.492 e. The average molecular weight is 409 g/mol. The highest BCUT2D eigenvalue weighted by atomic mass is 19.1. The van der Waals surface area contributed by atoms with E-state index in [9.17, 15) is 9.18 Å². The quantitative estimate of drug-likeness (QED) is 0.582. The lowest BCUT2D eigenvalue weighted by Gasteiger charge is -2.12. The summed E-state index contributed by atoms with van der Waals surface area (Å²) in [4.78, 5) is 25.0. The van der Waals surface area contributed by atoms with Gasteiger partial charge in [-0.25, -0.2) is 14.4 Å². The number of nitrogens with zero attached hydrogens (tertiary/aromatic N) is 2. The minimum absolute atomic E-state index is 0.114. The van der Waals surface area contributed by atoms with Crippen LogP contribution in [0.3, 0.4) is 0 Å². The number of hydrogen-bond acceptors (Lipinski definition) is 5. The van der Waals surface area contributed by atoms with Crippen LogP contribution in [-0.4, -0.2) is 46.6 Å². The fourth-order valence-corrected chi connectivity index (χ4v) is 3.94. The van der Waals surface area contributed by atoms with E-state index in [1.165, 1.54) is 18.5 Å². The van der Waals surface area contributed by atoms with Crippen molar-refractivity contribution in [2.75, 3.05) is 19.7 Å². The van der Waals surface area contributed by atoms with Crippen molar-refractivity contribution in [2.24, 2.45) is 5.92 Å². The molecule has 1 aliphatic heterocycles. The summed E-state index contributed by atoms with van der Waals surface area (Å²) in [5.41, 5.74) is 3.71. The molecule has 1 atom stereocenters. The minimum atomic E-state index is -0.359. The molecule has 1 aliphatic carbocycles. The predicted octanol–water partition coefficient (Wildman–Crippen LogP) is 2.95. The zero-order valence-electron chi connectivity index (χ0n) is 16.8. The zero-order chi connectivity index (χ0) is 20.7. The van der Waals surface area contributed by atoms with Gasteiger partial charge in [0, 0.05) is 29.9 Å².